The summed E-state index contributed by atoms with van der Waals surface area (Å²) in [5.41, 5.74) is 1.20. The molecule has 1 fully saturated rings. The van der Waals surface area contributed by atoms with Gasteiger partial charge in [0.1, 0.15) is 0 Å². The SMILES string of the molecule is CCC1CCCN1C(=O)N(C)Cc1ccc(C(=O)O)cc1. The lowest BCUT2D eigenvalue weighted by Gasteiger charge is -2.29. The fraction of sp³-hybridized carbons (Fsp3) is 0.500. The van der Waals surface area contributed by atoms with E-state index in [2.05, 4.69) is 6.92 Å². The molecule has 5 nitrogen and oxygen atoms in total. The first-order chi connectivity index (χ1) is 10.0. The van der Waals surface area contributed by atoms with Crippen molar-refractivity contribution in [2.75, 3.05) is 13.6 Å². The van der Waals surface area contributed by atoms with Crippen LogP contribution < -0.4 is 0 Å². The Balaban J connectivity index is 1.98. The number of carboxylic acid groups (broad SMARTS) is 1. The normalized spacial score (nSPS) is 17.8. The summed E-state index contributed by atoms with van der Waals surface area (Å²) in [5, 5.41) is 8.87. The van der Waals surface area contributed by atoms with Gasteiger partial charge in [-0.05, 0) is 37.0 Å². The second-order valence-corrected chi connectivity index (χ2v) is 5.54. The van der Waals surface area contributed by atoms with Gasteiger partial charge in [0.2, 0.25) is 0 Å². The molecule has 21 heavy (non-hydrogen) atoms. The molecule has 2 rings (SSSR count). The van der Waals surface area contributed by atoms with Gasteiger partial charge in [-0.15, -0.1) is 0 Å². The lowest BCUT2D eigenvalue weighted by molar-refractivity contribution is 0.0696. The number of likely N-dealkylation sites (tertiary alicyclic amines) is 1. The highest BCUT2D eigenvalue weighted by Gasteiger charge is 2.29. The predicted molar refractivity (Wildman–Crippen MR) is 80.3 cm³/mol. The van der Waals surface area contributed by atoms with Gasteiger partial charge in [0.05, 0.1) is 5.56 Å². The lowest BCUT2D eigenvalue weighted by Crippen LogP contribution is -2.43. The third-order valence-corrected chi connectivity index (χ3v) is 4.04. The quantitative estimate of drug-likeness (QED) is 0.927. The smallest absolute Gasteiger partial charge is 0.335 e. The molecule has 114 valence electrons. The van der Waals surface area contributed by atoms with Crippen LogP contribution in [0.1, 0.15) is 42.1 Å². The van der Waals surface area contributed by atoms with Crippen LogP contribution in [0, 0.1) is 0 Å². The van der Waals surface area contributed by atoms with Gasteiger partial charge in [-0.2, -0.15) is 0 Å². The standard InChI is InChI=1S/C16H22N2O3/c1-3-14-5-4-10-18(14)16(21)17(2)11-12-6-8-13(9-7-12)15(19)20/h6-9,14H,3-5,10-11H2,1-2H3,(H,19,20). The Morgan fingerprint density at radius 1 is 1.33 bits per heavy atom. The maximum Gasteiger partial charge on any atom is 0.335 e. The van der Waals surface area contributed by atoms with E-state index in [1.54, 1.807) is 36.2 Å². The Kier molecular flexibility index (Phi) is 4.83. The summed E-state index contributed by atoms with van der Waals surface area (Å²) in [7, 11) is 1.79. The minimum atomic E-state index is -0.936. The molecule has 1 unspecified atom stereocenters. The molecule has 1 heterocycles. The van der Waals surface area contributed by atoms with Crippen LogP contribution in [0.2, 0.25) is 0 Å². The summed E-state index contributed by atoms with van der Waals surface area (Å²) >= 11 is 0. The molecule has 5 heteroatoms. The molecule has 2 amide bonds. The van der Waals surface area contributed by atoms with E-state index in [4.69, 9.17) is 5.11 Å². The van der Waals surface area contributed by atoms with Crippen molar-refractivity contribution >= 4 is 12.0 Å². The van der Waals surface area contributed by atoms with E-state index in [1.807, 2.05) is 4.90 Å². The van der Waals surface area contributed by atoms with E-state index in [0.717, 1.165) is 31.4 Å². The Morgan fingerprint density at radius 2 is 2.00 bits per heavy atom. The highest BCUT2D eigenvalue weighted by molar-refractivity contribution is 5.87. The number of aromatic carboxylic acids is 1. The summed E-state index contributed by atoms with van der Waals surface area (Å²) in [4.78, 5) is 26.9. The molecule has 0 radical (unpaired) electrons. The van der Waals surface area contributed by atoms with Crippen LogP contribution in [0.25, 0.3) is 0 Å². The van der Waals surface area contributed by atoms with Gasteiger partial charge in [-0.3, -0.25) is 0 Å². The van der Waals surface area contributed by atoms with Crippen molar-refractivity contribution in [1.29, 1.82) is 0 Å². The number of amides is 2. The Bertz CT molecular complexity index is 513. The van der Waals surface area contributed by atoms with Gasteiger partial charge in [-0.1, -0.05) is 19.1 Å². The number of carboxylic acids is 1. The van der Waals surface area contributed by atoms with Crippen molar-refractivity contribution in [3.05, 3.63) is 35.4 Å². The van der Waals surface area contributed by atoms with Gasteiger partial charge in [0.25, 0.3) is 0 Å². The Labute approximate surface area is 125 Å². The van der Waals surface area contributed by atoms with Crippen LogP contribution in [-0.2, 0) is 6.54 Å². The third kappa shape index (κ3) is 3.54. The zero-order chi connectivity index (χ0) is 15.4. The van der Waals surface area contributed by atoms with E-state index < -0.39 is 5.97 Å². The number of rotatable bonds is 4. The van der Waals surface area contributed by atoms with Gasteiger partial charge in [-0.25, -0.2) is 9.59 Å². The number of hydrogen-bond donors (Lipinski definition) is 1. The summed E-state index contributed by atoms with van der Waals surface area (Å²) in [5.74, 6) is -0.936. The second-order valence-electron chi connectivity index (χ2n) is 5.54. The topological polar surface area (TPSA) is 60.9 Å². The molecule has 1 N–H and O–H groups in total. The maximum atomic E-state index is 12.5. The molecular weight excluding hydrogens is 268 g/mol. The van der Waals surface area contributed by atoms with Gasteiger partial charge < -0.3 is 14.9 Å². The van der Waals surface area contributed by atoms with Gasteiger partial charge in [0.15, 0.2) is 0 Å². The zero-order valence-electron chi connectivity index (χ0n) is 12.6. The van der Waals surface area contributed by atoms with Crippen molar-refractivity contribution in [3.63, 3.8) is 0 Å². The number of carbonyl (C=O) groups is 2. The van der Waals surface area contributed by atoms with Crippen molar-refractivity contribution in [2.45, 2.75) is 38.8 Å². The summed E-state index contributed by atoms with van der Waals surface area (Å²) < 4.78 is 0. The summed E-state index contributed by atoms with van der Waals surface area (Å²) in [6.45, 7) is 3.44. The van der Waals surface area contributed by atoms with Crippen LogP contribution in [0.5, 0.6) is 0 Å². The fourth-order valence-electron chi connectivity index (χ4n) is 2.83. The number of carbonyl (C=O) groups excluding carboxylic acids is 1. The molecule has 1 atom stereocenters. The molecule has 1 aliphatic rings. The highest BCUT2D eigenvalue weighted by atomic mass is 16.4. The summed E-state index contributed by atoms with van der Waals surface area (Å²) in [6.07, 6.45) is 3.15. The molecule has 1 saturated heterocycles. The van der Waals surface area contributed by atoms with E-state index >= 15 is 0 Å². The summed E-state index contributed by atoms with van der Waals surface area (Å²) in [6, 6.07) is 7.07. The number of benzene rings is 1. The van der Waals surface area contributed by atoms with Crippen LogP contribution in [0.3, 0.4) is 0 Å². The van der Waals surface area contributed by atoms with Crippen LogP contribution in [0.15, 0.2) is 24.3 Å². The average Bonchev–Trinajstić information content (AvgIpc) is 2.95. The Hall–Kier alpha value is -2.04. The monoisotopic (exact) mass is 290 g/mol. The minimum absolute atomic E-state index is 0.0571. The highest BCUT2D eigenvalue weighted by Crippen LogP contribution is 2.21. The van der Waals surface area contributed by atoms with Crippen molar-refractivity contribution < 1.29 is 14.7 Å². The number of nitrogens with zero attached hydrogens (tertiary/aromatic N) is 2. The van der Waals surface area contributed by atoms with Crippen LogP contribution in [-0.4, -0.2) is 46.5 Å². The number of hydrogen-bond acceptors (Lipinski definition) is 2. The fourth-order valence-corrected chi connectivity index (χ4v) is 2.83. The molecule has 1 aliphatic heterocycles. The lowest BCUT2D eigenvalue weighted by atomic mass is 10.1. The van der Waals surface area contributed by atoms with E-state index in [0.29, 0.717) is 12.6 Å². The maximum absolute atomic E-state index is 12.5. The van der Waals surface area contributed by atoms with Crippen molar-refractivity contribution in [3.8, 4) is 0 Å². The Morgan fingerprint density at radius 3 is 2.57 bits per heavy atom. The average molecular weight is 290 g/mol. The first-order valence-corrected chi connectivity index (χ1v) is 7.37. The first kappa shape index (κ1) is 15.4. The minimum Gasteiger partial charge on any atom is -0.478 e. The first-order valence-electron chi connectivity index (χ1n) is 7.37. The van der Waals surface area contributed by atoms with E-state index in [9.17, 15) is 9.59 Å². The third-order valence-electron chi connectivity index (χ3n) is 4.04. The molecule has 0 bridgehead atoms. The predicted octanol–water partition coefficient (Wildman–Crippen LogP) is 2.81. The van der Waals surface area contributed by atoms with E-state index in [-0.39, 0.29) is 11.6 Å². The van der Waals surface area contributed by atoms with Crippen molar-refractivity contribution in [1.82, 2.24) is 9.80 Å². The van der Waals surface area contributed by atoms with Crippen molar-refractivity contribution in [2.24, 2.45) is 0 Å². The largest absolute Gasteiger partial charge is 0.478 e. The molecule has 1 aromatic carbocycles. The van der Waals surface area contributed by atoms with Crippen LogP contribution >= 0.6 is 0 Å². The molecule has 1 aromatic rings. The number of urea groups is 1. The van der Waals surface area contributed by atoms with Gasteiger partial charge in [0, 0.05) is 26.2 Å². The molecule has 0 spiro atoms. The molecular formula is C16H22N2O3. The van der Waals surface area contributed by atoms with Crippen LogP contribution in [0.4, 0.5) is 4.79 Å². The molecule has 0 saturated carbocycles. The molecule has 0 aromatic heterocycles. The van der Waals surface area contributed by atoms with E-state index in [1.165, 1.54) is 0 Å². The second kappa shape index (κ2) is 6.61. The van der Waals surface area contributed by atoms with Gasteiger partial charge >= 0.3 is 12.0 Å². The molecule has 0 aliphatic carbocycles. The zero-order valence-corrected chi connectivity index (χ0v) is 12.6.